The Kier molecular flexibility index (Phi) is 2.83. The standard InChI is InChI=1S/C15H13FN2O3/c1-6-7(2)21-8(3)13(6)14-17-11-4-9(15(19)20)10(16)5-12(11)18-14/h4-5H,1-3H3,(H,17,18)(H,19,20). The molecule has 0 amide bonds. The van der Waals surface area contributed by atoms with Crippen molar-refractivity contribution in [2.24, 2.45) is 0 Å². The average molecular weight is 288 g/mol. The molecule has 108 valence electrons. The topological polar surface area (TPSA) is 79.1 Å². The molecule has 5 nitrogen and oxygen atoms in total. The Balaban J connectivity index is 2.24. The number of benzene rings is 1. The van der Waals surface area contributed by atoms with Crippen LogP contribution in [-0.4, -0.2) is 21.0 Å². The number of nitrogens with one attached hydrogen (secondary N) is 1. The molecule has 0 aliphatic heterocycles. The number of furan rings is 1. The van der Waals surface area contributed by atoms with E-state index >= 15 is 0 Å². The van der Waals surface area contributed by atoms with Crippen molar-refractivity contribution in [2.45, 2.75) is 20.8 Å². The Bertz CT molecular complexity index is 877. The van der Waals surface area contributed by atoms with Crippen LogP contribution in [0.3, 0.4) is 0 Å². The first-order chi connectivity index (χ1) is 9.88. The molecule has 0 radical (unpaired) electrons. The molecular weight excluding hydrogens is 275 g/mol. The largest absolute Gasteiger partial charge is 0.478 e. The SMILES string of the molecule is Cc1oc(C)c(-c2nc3cc(C(=O)O)c(F)cc3[nH]2)c1C. The van der Waals surface area contributed by atoms with Crippen LogP contribution in [0.15, 0.2) is 16.5 Å². The van der Waals surface area contributed by atoms with E-state index in [1.807, 2.05) is 20.8 Å². The monoisotopic (exact) mass is 288 g/mol. The number of imidazole rings is 1. The molecule has 0 fully saturated rings. The Morgan fingerprint density at radius 1 is 1.29 bits per heavy atom. The summed E-state index contributed by atoms with van der Waals surface area (Å²) in [4.78, 5) is 18.3. The normalized spacial score (nSPS) is 11.2. The molecular formula is C15H13FN2O3. The zero-order valence-corrected chi connectivity index (χ0v) is 11.7. The molecule has 6 heteroatoms. The van der Waals surface area contributed by atoms with Crippen LogP contribution in [0.2, 0.25) is 0 Å². The lowest BCUT2D eigenvalue weighted by atomic mass is 10.1. The van der Waals surface area contributed by atoms with Gasteiger partial charge < -0.3 is 14.5 Å². The fraction of sp³-hybridized carbons (Fsp3) is 0.200. The predicted molar refractivity (Wildman–Crippen MR) is 74.9 cm³/mol. The first-order valence-electron chi connectivity index (χ1n) is 6.38. The zero-order chi connectivity index (χ0) is 15.3. The van der Waals surface area contributed by atoms with E-state index in [4.69, 9.17) is 9.52 Å². The minimum absolute atomic E-state index is 0.391. The molecule has 1 aromatic carbocycles. The van der Waals surface area contributed by atoms with E-state index < -0.39 is 17.3 Å². The van der Waals surface area contributed by atoms with Crippen LogP contribution in [0.1, 0.15) is 27.4 Å². The lowest BCUT2D eigenvalue weighted by Crippen LogP contribution is -1.99. The fourth-order valence-corrected chi connectivity index (χ4v) is 2.45. The summed E-state index contributed by atoms with van der Waals surface area (Å²) in [6.45, 7) is 5.60. The number of halogens is 1. The number of fused-ring (bicyclic) bond motifs is 1. The van der Waals surface area contributed by atoms with Gasteiger partial charge in [0.15, 0.2) is 0 Å². The number of carbonyl (C=O) groups is 1. The van der Waals surface area contributed by atoms with Crippen LogP contribution in [0.25, 0.3) is 22.4 Å². The first kappa shape index (κ1) is 13.4. The highest BCUT2D eigenvalue weighted by atomic mass is 19.1. The number of aromatic carboxylic acids is 1. The van der Waals surface area contributed by atoms with Gasteiger partial charge in [-0.3, -0.25) is 0 Å². The summed E-state index contributed by atoms with van der Waals surface area (Å²) in [6, 6.07) is 2.37. The number of H-pyrrole nitrogens is 1. The lowest BCUT2D eigenvalue weighted by molar-refractivity contribution is 0.0692. The molecule has 2 N–H and O–H groups in total. The van der Waals surface area contributed by atoms with E-state index in [0.29, 0.717) is 22.6 Å². The quantitative estimate of drug-likeness (QED) is 0.755. The second-order valence-corrected chi connectivity index (χ2v) is 4.95. The molecule has 0 aliphatic carbocycles. The molecule has 2 aromatic heterocycles. The molecule has 0 spiro atoms. The van der Waals surface area contributed by atoms with E-state index in [0.717, 1.165) is 23.0 Å². The summed E-state index contributed by atoms with van der Waals surface area (Å²) in [7, 11) is 0. The summed E-state index contributed by atoms with van der Waals surface area (Å²) in [5.74, 6) is -0.0605. The average Bonchev–Trinajstić information content (AvgIpc) is 2.89. The van der Waals surface area contributed by atoms with Crippen LogP contribution >= 0.6 is 0 Å². The number of aryl methyl sites for hydroxylation is 2. The third-order valence-electron chi connectivity index (χ3n) is 3.60. The number of rotatable bonds is 2. The maximum atomic E-state index is 13.7. The molecule has 0 saturated heterocycles. The summed E-state index contributed by atoms with van der Waals surface area (Å²) in [5.41, 5.74) is 2.23. The van der Waals surface area contributed by atoms with Crippen molar-refractivity contribution in [2.75, 3.05) is 0 Å². The molecule has 0 saturated carbocycles. The van der Waals surface area contributed by atoms with Gasteiger partial charge in [0.25, 0.3) is 0 Å². The minimum atomic E-state index is -1.31. The molecule has 0 atom stereocenters. The number of hydrogen-bond donors (Lipinski definition) is 2. The van der Waals surface area contributed by atoms with Gasteiger partial charge in [-0.25, -0.2) is 14.2 Å². The van der Waals surface area contributed by atoms with Crippen LogP contribution in [-0.2, 0) is 0 Å². The van der Waals surface area contributed by atoms with Crippen LogP contribution in [0.5, 0.6) is 0 Å². The van der Waals surface area contributed by atoms with Gasteiger partial charge in [0, 0.05) is 11.6 Å². The van der Waals surface area contributed by atoms with Crippen LogP contribution in [0, 0.1) is 26.6 Å². The van der Waals surface area contributed by atoms with Gasteiger partial charge in [-0.15, -0.1) is 0 Å². The molecule has 0 bridgehead atoms. The molecule has 21 heavy (non-hydrogen) atoms. The van der Waals surface area contributed by atoms with Crippen molar-refractivity contribution in [3.8, 4) is 11.4 Å². The second-order valence-electron chi connectivity index (χ2n) is 4.95. The van der Waals surface area contributed by atoms with Crippen LogP contribution in [0.4, 0.5) is 4.39 Å². The van der Waals surface area contributed by atoms with E-state index in [-0.39, 0.29) is 0 Å². The highest BCUT2D eigenvalue weighted by Crippen LogP contribution is 2.31. The van der Waals surface area contributed by atoms with Crippen LogP contribution < -0.4 is 0 Å². The molecule has 2 heterocycles. The highest BCUT2D eigenvalue weighted by Gasteiger charge is 2.19. The molecule has 3 rings (SSSR count). The Morgan fingerprint density at radius 3 is 2.57 bits per heavy atom. The molecule has 3 aromatic rings. The van der Waals surface area contributed by atoms with Gasteiger partial charge >= 0.3 is 5.97 Å². The summed E-state index contributed by atoms with van der Waals surface area (Å²) < 4.78 is 19.3. The van der Waals surface area contributed by atoms with E-state index in [1.54, 1.807) is 0 Å². The van der Waals surface area contributed by atoms with E-state index in [1.165, 1.54) is 6.07 Å². The third-order valence-corrected chi connectivity index (χ3v) is 3.60. The van der Waals surface area contributed by atoms with Gasteiger partial charge in [-0.05, 0) is 26.8 Å². The number of nitrogens with zero attached hydrogens (tertiary/aromatic N) is 1. The number of hydrogen-bond acceptors (Lipinski definition) is 3. The van der Waals surface area contributed by atoms with Gasteiger partial charge in [-0.2, -0.15) is 0 Å². The smallest absolute Gasteiger partial charge is 0.338 e. The lowest BCUT2D eigenvalue weighted by Gasteiger charge is -1.96. The Hall–Kier alpha value is -2.63. The van der Waals surface area contributed by atoms with Gasteiger partial charge in [0.1, 0.15) is 23.2 Å². The third kappa shape index (κ3) is 1.99. The fourth-order valence-electron chi connectivity index (χ4n) is 2.45. The second kappa shape index (κ2) is 4.44. The van der Waals surface area contributed by atoms with Crippen molar-refractivity contribution in [1.82, 2.24) is 9.97 Å². The molecule has 0 unspecified atom stereocenters. The van der Waals surface area contributed by atoms with Crippen molar-refractivity contribution < 1.29 is 18.7 Å². The summed E-state index contributed by atoms with van der Waals surface area (Å²) in [5, 5.41) is 8.95. The zero-order valence-electron chi connectivity index (χ0n) is 11.7. The van der Waals surface area contributed by atoms with Crippen molar-refractivity contribution >= 4 is 17.0 Å². The van der Waals surface area contributed by atoms with Gasteiger partial charge in [0.2, 0.25) is 0 Å². The highest BCUT2D eigenvalue weighted by molar-refractivity contribution is 5.93. The Morgan fingerprint density at radius 2 is 2.00 bits per heavy atom. The number of aromatic amines is 1. The maximum Gasteiger partial charge on any atom is 0.338 e. The number of carboxylic acids is 1. The first-order valence-corrected chi connectivity index (χ1v) is 6.38. The number of aromatic nitrogens is 2. The van der Waals surface area contributed by atoms with Crippen molar-refractivity contribution in [3.05, 3.63) is 40.6 Å². The Labute approximate surface area is 119 Å². The minimum Gasteiger partial charge on any atom is -0.478 e. The number of carboxylic acid groups (broad SMARTS) is 1. The summed E-state index contributed by atoms with van der Waals surface area (Å²) in [6.07, 6.45) is 0. The van der Waals surface area contributed by atoms with Gasteiger partial charge in [0.05, 0.1) is 22.2 Å². The van der Waals surface area contributed by atoms with Gasteiger partial charge in [-0.1, -0.05) is 0 Å². The van der Waals surface area contributed by atoms with Crippen molar-refractivity contribution in [1.29, 1.82) is 0 Å². The van der Waals surface area contributed by atoms with E-state index in [9.17, 15) is 9.18 Å². The van der Waals surface area contributed by atoms with E-state index in [2.05, 4.69) is 9.97 Å². The maximum absolute atomic E-state index is 13.7. The van der Waals surface area contributed by atoms with Crippen molar-refractivity contribution in [3.63, 3.8) is 0 Å². The molecule has 0 aliphatic rings. The summed E-state index contributed by atoms with van der Waals surface area (Å²) >= 11 is 0. The predicted octanol–water partition coefficient (Wildman–Crippen LogP) is 3.59.